The van der Waals surface area contributed by atoms with Gasteiger partial charge in [-0.05, 0) is 24.0 Å². The van der Waals surface area contributed by atoms with E-state index < -0.39 is 5.54 Å². The number of benzene rings is 1. The Kier molecular flexibility index (Phi) is 2.52. The van der Waals surface area contributed by atoms with Crippen molar-refractivity contribution in [2.45, 2.75) is 31.2 Å². The Labute approximate surface area is 123 Å². The highest BCUT2D eigenvalue weighted by molar-refractivity contribution is 6.11. The highest BCUT2D eigenvalue weighted by Crippen LogP contribution is 2.52. The Hall–Kier alpha value is -2.10. The third-order valence-electron chi connectivity index (χ3n) is 5.06. The summed E-state index contributed by atoms with van der Waals surface area (Å²) in [5, 5.41) is 0. The van der Waals surface area contributed by atoms with Gasteiger partial charge in [0, 0.05) is 25.0 Å². The van der Waals surface area contributed by atoms with Gasteiger partial charge in [0.2, 0.25) is 5.91 Å². The van der Waals surface area contributed by atoms with Gasteiger partial charge in [0.05, 0.1) is 12.6 Å². The Morgan fingerprint density at radius 1 is 1.19 bits per heavy atom. The van der Waals surface area contributed by atoms with Crippen LogP contribution in [0.1, 0.15) is 30.4 Å². The van der Waals surface area contributed by atoms with Crippen molar-refractivity contribution in [2.75, 3.05) is 13.7 Å². The molecule has 4 nitrogen and oxygen atoms in total. The number of rotatable bonds is 1. The summed E-state index contributed by atoms with van der Waals surface area (Å²) in [5.74, 6) is 0.624. The van der Waals surface area contributed by atoms with Crippen LogP contribution >= 0.6 is 0 Å². The van der Waals surface area contributed by atoms with Crippen LogP contribution in [0, 0.1) is 0 Å². The fourth-order valence-electron chi connectivity index (χ4n) is 4.19. The quantitative estimate of drug-likeness (QED) is 0.791. The Bertz CT molecular complexity index is 691. The Morgan fingerprint density at radius 3 is 2.81 bits per heavy atom. The number of allylic oxidation sites excluding steroid dienone is 1. The van der Waals surface area contributed by atoms with E-state index in [0.29, 0.717) is 31.6 Å². The van der Waals surface area contributed by atoms with E-state index in [4.69, 9.17) is 4.74 Å². The maximum atomic E-state index is 12.4. The highest BCUT2D eigenvalue weighted by Gasteiger charge is 2.56. The maximum absolute atomic E-state index is 12.4. The van der Waals surface area contributed by atoms with Crippen molar-refractivity contribution in [2.24, 2.45) is 0 Å². The van der Waals surface area contributed by atoms with E-state index in [1.54, 1.807) is 7.11 Å². The van der Waals surface area contributed by atoms with E-state index in [1.165, 1.54) is 5.56 Å². The number of Topliss-reactive ketones (excluding diaryl/α,β-unsaturated/α-hetero) is 1. The first-order chi connectivity index (χ1) is 10.2. The Morgan fingerprint density at radius 2 is 2.00 bits per heavy atom. The van der Waals surface area contributed by atoms with Crippen molar-refractivity contribution in [1.29, 1.82) is 0 Å². The molecule has 1 aliphatic carbocycles. The van der Waals surface area contributed by atoms with Crippen LogP contribution in [-0.4, -0.2) is 35.8 Å². The Balaban J connectivity index is 2.03. The molecule has 2 aliphatic heterocycles. The molecule has 1 saturated heterocycles. The van der Waals surface area contributed by atoms with Crippen molar-refractivity contribution in [3.63, 3.8) is 0 Å². The van der Waals surface area contributed by atoms with Gasteiger partial charge in [-0.25, -0.2) is 0 Å². The minimum absolute atomic E-state index is 0.0175. The molecule has 0 radical (unpaired) electrons. The predicted octanol–water partition coefficient (Wildman–Crippen LogP) is 1.93. The molecule has 1 atom stereocenters. The summed E-state index contributed by atoms with van der Waals surface area (Å²) in [6.07, 6.45) is 2.44. The number of ketones is 1. The van der Waals surface area contributed by atoms with Crippen LogP contribution in [0.5, 0.6) is 0 Å². The molecule has 1 amide bonds. The molecule has 1 aromatic carbocycles. The van der Waals surface area contributed by atoms with Gasteiger partial charge in [0.1, 0.15) is 0 Å². The monoisotopic (exact) mass is 283 g/mol. The molecule has 0 aromatic heterocycles. The molecule has 1 aromatic rings. The van der Waals surface area contributed by atoms with Gasteiger partial charge in [-0.15, -0.1) is 0 Å². The van der Waals surface area contributed by atoms with Gasteiger partial charge in [-0.2, -0.15) is 0 Å². The van der Waals surface area contributed by atoms with Gasteiger partial charge in [-0.1, -0.05) is 24.3 Å². The van der Waals surface area contributed by atoms with Gasteiger partial charge < -0.3 is 9.64 Å². The molecule has 1 spiro atoms. The van der Waals surface area contributed by atoms with Crippen molar-refractivity contribution >= 4 is 17.3 Å². The molecular weight excluding hydrogens is 266 g/mol. The zero-order chi connectivity index (χ0) is 14.6. The number of nitrogens with zero attached hydrogens (tertiary/aromatic N) is 1. The molecule has 4 rings (SSSR count). The molecule has 0 N–H and O–H groups in total. The number of fused-ring (bicyclic) bond motifs is 2. The largest absolute Gasteiger partial charge is 0.493 e. The van der Waals surface area contributed by atoms with Crippen LogP contribution in [-0.2, 0) is 20.7 Å². The second kappa shape index (κ2) is 4.20. The third kappa shape index (κ3) is 1.50. The normalized spacial score (nSPS) is 27.4. The topological polar surface area (TPSA) is 46.6 Å². The van der Waals surface area contributed by atoms with Crippen LogP contribution < -0.4 is 0 Å². The minimum Gasteiger partial charge on any atom is -0.493 e. The van der Waals surface area contributed by atoms with Gasteiger partial charge >= 0.3 is 0 Å². The number of methoxy groups -OCH3 is 1. The standard InChI is InChI=1S/C17H17NO3/c1-21-16-13(19)10-17-8-6-14(20)18(17)9-7-11-4-2-3-5-12(11)15(16)17/h2-5H,6-10H2,1H3/t17-/m0/s1. The van der Waals surface area contributed by atoms with Crippen molar-refractivity contribution < 1.29 is 14.3 Å². The van der Waals surface area contributed by atoms with Crippen LogP contribution in [0.2, 0.25) is 0 Å². The molecule has 21 heavy (non-hydrogen) atoms. The fourth-order valence-corrected chi connectivity index (χ4v) is 4.19. The van der Waals surface area contributed by atoms with Crippen molar-refractivity contribution in [3.05, 3.63) is 41.2 Å². The summed E-state index contributed by atoms with van der Waals surface area (Å²) < 4.78 is 5.44. The lowest BCUT2D eigenvalue weighted by Crippen LogP contribution is -2.45. The second-order valence-corrected chi connectivity index (χ2v) is 5.99. The number of amides is 1. The fraction of sp³-hybridized carbons (Fsp3) is 0.412. The highest BCUT2D eigenvalue weighted by atomic mass is 16.5. The van der Waals surface area contributed by atoms with Crippen LogP contribution in [0.15, 0.2) is 30.0 Å². The molecule has 1 fully saturated rings. The number of hydrogen-bond donors (Lipinski definition) is 0. The number of carbonyl (C=O) groups is 2. The van der Waals surface area contributed by atoms with Gasteiger partial charge in [0.25, 0.3) is 0 Å². The lowest BCUT2D eigenvalue weighted by atomic mass is 9.84. The maximum Gasteiger partial charge on any atom is 0.223 e. The first-order valence-electron chi connectivity index (χ1n) is 7.38. The average molecular weight is 283 g/mol. The van der Waals surface area contributed by atoms with Crippen LogP contribution in [0.25, 0.3) is 5.57 Å². The average Bonchev–Trinajstić information content (AvgIpc) is 2.90. The zero-order valence-corrected chi connectivity index (χ0v) is 12.0. The summed E-state index contributed by atoms with van der Waals surface area (Å²) in [6, 6.07) is 8.13. The first-order valence-corrected chi connectivity index (χ1v) is 7.38. The van der Waals surface area contributed by atoms with E-state index in [2.05, 4.69) is 12.1 Å². The molecule has 0 bridgehead atoms. The SMILES string of the molecule is COC1=C2c3ccccc3CCN3C(=O)CC[C@]23CC1=O. The predicted molar refractivity (Wildman–Crippen MR) is 77.4 cm³/mol. The minimum atomic E-state index is -0.466. The third-order valence-corrected chi connectivity index (χ3v) is 5.06. The number of hydrogen-bond acceptors (Lipinski definition) is 3. The number of ether oxygens (including phenoxy) is 1. The van der Waals surface area contributed by atoms with Crippen LogP contribution in [0.3, 0.4) is 0 Å². The molecule has 0 unspecified atom stereocenters. The molecule has 0 saturated carbocycles. The van der Waals surface area contributed by atoms with Crippen molar-refractivity contribution in [1.82, 2.24) is 4.90 Å². The first kappa shape index (κ1) is 12.6. The van der Waals surface area contributed by atoms with E-state index in [9.17, 15) is 9.59 Å². The molecular formula is C17H17NO3. The van der Waals surface area contributed by atoms with E-state index in [-0.39, 0.29) is 11.7 Å². The zero-order valence-electron chi connectivity index (χ0n) is 12.0. The molecule has 108 valence electrons. The van der Waals surface area contributed by atoms with E-state index in [1.807, 2.05) is 17.0 Å². The summed E-state index contributed by atoms with van der Waals surface area (Å²) in [7, 11) is 1.55. The smallest absolute Gasteiger partial charge is 0.223 e. The summed E-state index contributed by atoms with van der Waals surface area (Å²) >= 11 is 0. The molecule has 2 heterocycles. The summed E-state index contributed by atoms with van der Waals surface area (Å²) in [4.78, 5) is 26.6. The lowest BCUT2D eigenvalue weighted by Gasteiger charge is -2.35. The van der Waals surface area contributed by atoms with Crippen LogP contribution in [0.4, 0.5) is 0 Å². The molecule has 4 heteroatoms. The second-order valence-electron chi connectivity index (χ2n) is 5.99. The van der Waals surface area contributed by atoms with Crippen molar-refractivity contribution in [3.8, 4) is 0 Å². The molecule has 3 aliphatic rings. The summed E-state index contributed by atoms with van der Waals surface area (Å²) in [5.41, 5.74) is 2.75. The van der Waals surface area contributed by atoms with E-state index in [0.717, 1.165) is 17.6 Å². The summed E-state index contributed by atoms with van der Waals surface area (Å²) in [6.45, 7) is 0.684. The number of carbonyl (C=O) groups excluding carboxylic acids is 2. The lowest BCUT2D eigenvalue weighted by molar-refractivity contribution is -0.130. The van der Waals surface area contributed by atoms with Gasteiger partial charge in [0.15, 0.2) is 11.5 Å². The van der Waals surface area contributed by atoms with E-state index >= 15 is 0 Å². The van der Waals surface area contributed by atoms with Gasteiger partial charge in [-0.3, -0.25) is 9.59 Å².